The van der Waals surface area contributed by atoms with E-state index in [9.17, 15) is 0 Å². The van der Waals surface area contributed by atoms with Crippen LogP contribution in [0, 0.1) is 6.92 Å². The number of rotatable bonds is 3. The molecule has 1 atom stereocenters. The highest BCUT2D eigenvalue weighted by Gasteiger charge is 2.11. The lowest BCUT2D eigenvalue weighted by molar-refractivity contribution is 0.414. The Labute approximate surface area is 116 Å². The average molecular weight is 306 g/mol. The average Bonchev–Trinajstić information content (AvgIpc) is 2.41. The van der Waals surface area contributed by atoms with Crippen molar-refractivity contribution in [3.05, 3.63) is 63.6 Å². The molecular weight excluding hydrogens is 290 g/mol. The maximum atomic E-state index is 6.32. The number of aryl methyl sites for hydroxylation is 1. The van der Waals surface area contributed by atoms with Crippen LogP contribution >= 0.6 is 15.9 Å². The van der Waals surface area contributed by atoms with Crippen LogP contribution in [0.3, 0.4) is 0 Å². The summed E-state index contributed by atoms with van der Waals surface area (Å²) in [5, 5.41) is 0. The molecular formula is C15H16BrNO. The summed E-state index contributed by atoms with van der Waals surface area (Å²) < 4.78 is 6.20. The Morgan fingerprint density at radius 1 is 1.11 bits per heavy atom. The molecule has 0 aliphatic heterocycles. The maximum Gasteiger partial charge on any atom is 0.118 e. The van der Waals surface area contributed by atoms with Crippen molar-refractivity contribution < 1.29 is 4.74 Å². The number of benzene rings is 2. The van der Waals surface area contributed by atoms with E-state index in [4.69, 9.17) is 10.5 Å². The summed E-state index contributed by atoms with van der Waals surface area (Å²) in [4.78, 5) is 0. The van der Waals surface area contributed by atoms with Crippen LogP contribution in [0.1, 0.15) is 22.7 Å². The second-order valence-electron chi connectivity index (χ2n) is 4.25. The fourth-order valence-corrected chi connectivity index (χ4v) is 2.32. The Morgan fingerprint density at radius 2 is 1.78 bits per heavy atom. The SMILES string of the molecule is COc1ccc(C(N)c2cc(Br)ccc2C)cc1. The lowest BCUT2D eigenvalue weighted by Gasteiger charge is -2.16. The van der Waals surface area contributed by atoms with E-state index in [1.807, 2.05) is 30.3 Å². The number of methoxy groups -OCH3 is 1. The van der Waals surface area contributed by atoms with Crippen LogP contribution in [0.2, 0.25) is 0 Å². The molecule has 2 N–H and O–H groups in total. The van der Waals surface area contributed by atoms with Crippen molar-refractivity contribution in [2.45, 2.75) is 13.0 Å². The third-order valence-electron chi connectivity index (χ3n) is 3.05. The molecule has 0 aliphatic carbocycles. The quantitative estimate of drug-likeness (QED) is 0.936. The topological polar surface area (TPSA) is 35.2 Å². The standard InChI is InChI=1S/C15H16BrNO/c1-10-3-6-12(16)9-14(10)15(17)11-4-7-13(18-2)8-5-11/h3-9,15H,17H2,1-2H3. The summed E-state index contributed by atoms with van der Waals surface area (Å²) in [6, 6.07) is 13.9. The molecule has 0 heterocycles. The van der Waals surface area contributed by atoms with Gasteiger partial charge >= 0.3 is 0 Å². The number of ether oxygens (including phenoxy) is 1. The monoisotopic (exact) mass is 305 g/mol. The summed E-state index contributed by atoms with van der Waals surface area (Å²) in [6.07, 6.45) is 0. The van der Waals surface area contributed by atoms with E-state index in [-0.39, 0.29) is 6.04 Å². The first-order valence-corrected chi connectivity index (χ1v) is 6.56. The summed E-state index contributed by atoms with van der Waals surface area (Å²) in [5.74, 6) is 0.844. The molecule has 18 heavy (non-hydrogen) atoms. The molecule has 0 spiro atoms. The van der Waals surface area contributed by atoms with Gasteiger partial charge in [0.1, 0.15) is 5.75 Å². The lowest BCUT2D eigenvalue weighted by atomic mass is 9.96. The van der Waals surface area contributed by atoms with Crippen LogP contribution in [0.4, 0.5) is 0 Å². The summed E-state index contributed by atoms with van der Waals surface area (Å²) in [6.45, 7) is 2.07. The molecule has 0 bridgehead atoms. The zero-order valence-electron chi connectivity index (χ0n) is 10.5. The van der Waals surface area contributed by atoms with E-state index in [1.165, 1.54) is 5.56 Å². The predicted molar refractivity (Wildman–Crippen MR) is 77.9 cm³/mol. The van der Waals surface area contributed by atoms with Gasteiger partial charge in [0.25, 0.3) is 0 Å². The summed E-state index contributed by atoms with van der Waals surface area (Å²) >= 11 is 3.48. The Morgan fingerprint density at radius 3 is 2.39 bits per heavy atom. The molecule has 3 heteroatoms. The van der Waals surface area contributed by atoms with Crippen molar-refractivity contribution >= 4 is 15.9 Å². The van der Waals surface area contributed by atoms with Gasteiger partial charge in [-0.2, -0.15) is 0 Å². The second kappa shape index (κ2) is 5.55. The lowest BCUT2D eigenvalue weighted by Crippen LogP contribution is -2.13. The first-order chi connectivity index (χ1) is 8.61. The first-order valence-electron chi connectivity index (χ1n) is 5.77. The Bertz CT molecular complexity index is 537. The van der Waals surface area contributed by atoms with Gasteiger partial charge in [-0.1, -0.05) is 34.1 Å². The zero-order valence-corrected chi connectivity index (χ0v) is 12.1. The second-order valence-corrected chi connectivity index (χ2v) is 5.17. The Kier molecular flexibility index (Phi) is 4.04. The van der Waals surface area contributed by atoms with E-state index in [2.05, 4.69) is 35.0 Å². The van der Waals surface area contributed by atoms with Crippen molar-refractivity contribution in [1.82, 2.24) is 0 Å². The predicted octanol–water partition coefficient (Wildman–Crippen LogP) is 3.81. The molecule has 0 aromatic heterocycles. The van der Waals surface area contributed by atoms with Crippen LogP contribution in [-0.4, -0.2) is 7.11 Å². The van der Waals surface area contributed by atoms with Crippen LogP contribution < -0.4 is 10.5 Å². The minimum Gasteiger partial charge on any atom is -0.497 e. The molecule has 0 aliphatic rings. The molecule has 94 valence electrons. The highest BCUT2D eigenvalue weighted by atomic mass is 79.9. The molecule has 0 saturated carbocycles. The van der Waals surface area contributed by atoms with Gasteiger partial charge in [-0.3, -0.25) is 0 Å². The first kappa shape index (κ1) is 13.1. The van der Waals surface area contributed by atoms with Gasteiger partial charge in [-0.25, -0.2) is 0 Å². The van der Waals surface area contributed by atoms with E-state index in [1.54, 1.807) is 7.11 Å². The Hall–Kier alpha value is -1.32. The maximum absolute atomic E-state index is 6.32. The van der Waals surface area contributed by atoms with E-state index < -0.39 is 0 Å². The van der Waals surface area contributed by atoms with Gasteiger partial charge in [0, 0.05) is 4.47 Å². The third kappa shape index (κ3) is 2.74. The van der Waals surface area contributed by atoms with E-state index >= 15 is 0 Å². The van der Waals surface area contributed by atoms with Crippen molar-refractivity contribution in [3.8, 4) is 5.75 Å². The summed E-state index contributed by atoms with van der Waals surface area (Å²) in [5.41, 5.74) is 9.73. The molecule has 0 fully saturated rings. The fraction of sp³-hybridized carbons (Fsp3) is 0.200. The van der Waals surface area contributed by atoms with Crippen molar-refractivity contribution in [2.75, 3.05) is 7.11 Å². The van der Waals surface area contributed by atoms with Crippen LogP contribution in [0.25, 0.3) is 0 Å². The van der Waals surface area contributed by atoms with Crippen LogP contribution in [-0.2, 0) is 0 Å². The van der Waals surface area contributed by atoms with E-state index in [0.29, 0.717) is 0 Å². The smallest absolute Gasteiger partial charge is 0.118 e. The Balaban J connectivity index is 2.34. The molecule has 0 amide bonds. The number of halogens is 1. The zero-order chi connectivity index (χ0) is 13.1. The highest BCUT2D eigenvalue weighted by molar-refractivity contribution is 9.10. The van der Waals surface area contributed by atoms with Crippen LogP contribution in [0.5, 0.6) is 5.75 Å². The van der Waals surface area contributed by atoms with Gasteiger partial charge in [0.05, 0.1) is 13.2 Å². The van der Waals surface area contributed by atoms with Gasteiger partial charge in [0.15, 0.2) is 0 Å². The minimum atomic E-state index is -0.117. The third-order valence-corrected chi connectivity index (χ3v) is 3.54. The van der Waals surface area contributed by atoms with Crippen molar-refractivity contribution in [3.63, 3.8) is 0 Å². The largest absolute Gasteiger partial charge is 0.497 e. The molecule has 1 unspecified atom stereocenters. The molecule has 0 saturated heterocycles. The highest BCUT2D eigenvalue weighted by Crippen LogP contribution is 2.26. The van der Waals surface area contributed by atoms with Gasteiger partial charge in [-0.05, 0) is 47.9 Å². The van der Waals surface area contributed by atoms with Gasteiger partial charge in [0.2, 0.25) is 0 Å². The minimum absolute atomic E-state index is 0.117. The molecule has 2 aromatic rings. The number of hydrogen-bond donors (Lipinski definition) is 1. The molecule has 2 rings (SSSR count). The number of nitrogens with two attached hydrogens (primary N) is 1. The molecule has 2 nitrogen and oxygen atoms in total. The number of hydrogen-bond acceptors (Lipinski definition) is 2. The molecule has 2 aromatic carbocycles. The normalized spacial score (nSPS) is 12.2. The van der Waals surface area contributed by atoms with Crippen molar-refractivity contribution in [1.29, 1.82) is 0 Å². The molecule has 0 radical (unpaired) electrons. The van der Waals surface area contributed by atoms with Gasteiger partial charge in [-0.15, -0.1) is 0 Å². The van der Waals surface area contributed by atoms with Crippen LogP contribution in [0.15, 0.2) is 46.9 Å². The summed E-state index contributed by atoms with van der Waals surface area (Å²) in [7, 11) is 1.66. The van der Waals surface area contributed by atoms with E-state index in [0.717, 1.165) is 21.3 Å². The van der Waals surface area contributed by atoms with Crippen molar-refractivity contribution in [2.24, 2.45) is 5.73 Å². The fourth-order valence-electron chi connectivity index (χ4n) is 1.94. The van der Waals surface area contributed by atoms with Gasteiger partial charge < -0.3 is 10.5 Å².